The number of carbonyl (C=O) groups is 1. The van der Waals surface area contributed by atoms with Crippen LogP contribution >= 0.6 is 12.2 Å². The molecule has 1 saturated carbocycles. The Labute approximate surface area is 224 Å². The zero-order valence-corrected chi connectivity index (χ0v) is 22.4. The van der Waals surface area contributed by atoms with E-state index in [1.54, 1.807) is 11.0 Å². The van der Waals surface area contributed by atoms with Crippen LogP contribution in [0.25, 0.3) is 6.08 Å². The second-order valence-electron chi connectivity index (χ2n) is 9.33. The average molecular weight is 516 g/mol. The van der Waals surface area contributed by atoms with Crippen molar-refractivity contribution in [2.24, 2.45) is 0 Å². The summed E-state index contributed by atoms with van der Waals surface area (Å²) < 4.78 is 12.2. The Balaban J connectivity index is 1.67. The van der Waals surface area contributed by atoms with E-state index in [-0.39, 0.29) is 18.6 Å². The van der Waals surface area contributed by atoms with Crippen LogP contribution in [0, 0.1) is 11.3 Å². The molecule has 2 aromatic rings. The van der Waals surface area contributed by atoms with Gasteiger partial charge < -0.3 is 14.4 Å². The molecule has 0 N–H and O–H groups in total. The summed E-state index contributed by atoms with van der Waals surface area (Å²) in [5.41, 5.74) is 3.65. The maximum Gasteiger partial charge on any atom is 0.277 e. The molecule has 0 unspecified atom stereocenters. The van der Waals surface area contributed by atoms with Gasteiger partial charge in [-0.15, -0.1) is 6.58 Å². The fourth-order valence-corrected chi connectivity index (χ4v) is 5.33. The number of rotatable bonds is 9. The van der Waals surface area contributed by atoms with Crippen molar-refractivity contribution in [1.82, 2.24) is 9.80 Å². The van der Waals surface area contributed by atoms with Gasteiger partial charge in [-0.2, -0.15) is 5.26 Å². The first-order valence-corrected chi connectivity index (χ1v) is 13.2. The lowest BCUT2D eigenvalue weighted by molar-refractivity contribution is -0.124. The lowest BCUT2D eigenvalue weighted by atomic mass is 9.94. The molecule has 192 valence electrons. The Morgan fingerprint density at radius 2 is 1.92 bits per heavy atom. The Hall–Kier alpha value is -3.63. The summed E-state index contributed by atoms with van der Waals surface area (Å²) in [4.78, 5) is 17.1. The Morgan fingerprint density at radius 1 is 1.16 bits per heavy atom. The standard InChI is InChI=1S/C30H33N3O3S/c1-4-11-22-16-21(17-26-29(34)33(30(37)32(26)3)25-14-7-6-8-15-25)18-27(35-5-2)28(22)36-20-24-13-10-9-12-23(24)19-31/h4,9-10,12-13,16-18,25H,1,5-8,11,14-15,20H2,2-3H3/b26-17-. The zero-order chi connectivity index (χ0) is 26.4. The maximum atomic E-state index is 13.5. The molecule has 1 amide bonds. The third-order valence-corrected chi connectivity index (χ3v) is 7.33. The predicted molar refractivity (Wildman–Crippen MR) is 149 cm³/mol. The van der Waals surface area contributed by atoms with E-state index in [0.29, 0.717) is 40.9 Å². The second kappa shape index (κ2) is 12.1. The zero-order valence-electron chi connectivity index (χ0n) is 21.5. The highest BCUT2D eigenvalue weighted by Crippen LogP contribution is 2.37. The molecule has 37 heavy (non-hydrogen) atoms. The maximum absolute atomic E-state index is 13.5. The summed E-state index contributed by atoms with van der Waals surface area (Å²) in [6.45, 7) is 6.52. The summed E-state index contributed by atoms with van der Waals surface area (Å²) in [7, 11) is 1.85. The molecule has 1 aliphatic heterocycles. The van der Waals surface area contributed by atoms with Gasteiger partial charge in [0.15, 0.2) is 16.6 Å². The molecule has 4 rings (SSSR count). The number of ether oxygens (including phenoxy) is 2. The van der Waals surface area contributed by atoms with Crippen molar-refractivity contribution >= 4 is 29.3 Å². The van der Waals surface area contributed by atoms with Crippen molar-refractivity contribution in [3.05, 3.63) is 77.0 Å². The molecule has 2 aromatic carbocycles. The van der Waals surface area contributed by atoms with E-state index in [0.717, 1.165) is 42.4 Å². The van der Waals surface area contributed by atoms with Crippen molar-refractivity contribution < 1.29 is 14.3 Å². The molecule has 0 atom stereocenters. The molecule has 1 saturated heterocycles. The highest BCUT2D eigenvalue weighted by Gasteiger charge is 2.40. The summed E-state index contributed by atoms with van der Waals surface area (Å²) in [6, 6.07) is 13.7. The van der Waals surface area contributed by atoms with Crippen LogP contribution in [0.2, 0.25) is 0 Å². The number of carbonyl (C=O) groups excluding carboxylic acids is 1. The molecular weight excluding hydrogens is 482 g/mol. The number of nitrogens with zero attached hydrogens (tertiary/aromatic N) is 3. The average Bonchev–Trinajstić information content (AvgIpc) is 3.12. The predicted octanol–water partition coefficient (Wildman–Crippen LogP) is 6.00. The molecule has 0 radical (unpaired) electrons. The van der Waals surface area contributed by atoms with Gasteiger partial charge in [0.25, 0.3) is 5.91 Å². The largest absolute Gasteiger partial charge is 0.490 e. The lowest BCUT2D eigenvalue weighted by Gasteiger charge is -2.30. The van der Waals surface area contributed by atoms with Gasteiger partial charge in [0.1, 0.15) is 12.3 Å². The molecular formula is C30H33N3O3S. The number of likely N-dealkylation sites (N-methyl/N-ethyl adjacent to an activating group) is 1. The minimum absolute atomic E-state index is 0.0453. The van der Waals surface area contributed by atoms with Crippen molar-refractivity contribution in [2.45, 2.75) is 58.1 Å². The van der Waals surface area contributed by atoms with Crippen molar-refractivity contribution in [3.8, 4) is 17.6 Å². The molecule has 0 spiro atoms. The van der Waals surface area contributed by atoms with Crippen molar-refractivity contribution in [2.75, 3.05) is 13.7 Å². The Morgan fingerprint density at radius 3 is 2.62 bits per heavy atom. The first-order chi connectivity index (χ1) is 18.0. The number of nitriles is 1. The molecule has 7 heteroatoms. The van der Waals surface area contributed by atoms with Gasteiger partial charge in [0.05, 0.1) is 18.2 Å². The number of thiocarbonyl (C=S) groups is 1. The topological polar surface area (TPSA) is 65.8 Å². The first kappa shape index (κ1) is 26.4. The smallest absolute Gasteiger partial charge is 0.277 e. The number of hydrogen-bond donors (Lipinski definition) is 0. The monoisotopic (exact) mass is 515 g/mol. The van der Waals surface area contributed by atoms with Gasteiger partial charge in [-0.25, -0.2) is 0 Å². The minimum atomic E-state index is -0.0453. The van der Waals surface area contributed by atoms with Crippen LogP contribution in [0.15, 0.2) is 54.8 Å². The lowest BCUT2D eigenvalue weighted by Crippen LogP contribution is -2.41. The van der Waals surface area contributed by atoms with Crippen LogP contribution < -0.4 is 9.47 Å². The van der Waals surface area contributed by atoms with Crippen molar-refractivity contribution in [3.63, 3.8) is 0 Å². The fourth-order valence-electron chi connectivity index (χ4n) is 5.00. The summed E-state index contributed by atoms with van der Waals surface area (Å²) >= 11 is 5.68. The van der Waals surface area contributed by atoms with E-state index in [4.69, 9.17) is 21.7 Å². The highest BCUT2D eigenvalue weighted by atomic mass is 32.1. The molecule has 2 aliphatic rings. The fraction of sp³-hybridized carbons (Fsp3) is 0.367. The Bertz CT molecular complexity index is 1260. The minimum Gasteiger partial charge on any atom is -0.490 e. The van der Waals surface area contributed by atoms with E-state index < -0.39 is 0 Å². The van der Waals surface area contributed by atoms with Crippen LogP contribution in [0.5, 0.6) is 11.5 Å². The Kier molecular flexibility index (Phi) is 8.62. The van der Waals surface area contributed by atoms with E-state index in [2.05, 4.69) is 12.6 Å². The van der Waals surface area contributed by atoms with Gasteiger partial charge in [-0.3, -0.25) is 9.69 Å². The molecule has 0 bridgehead atoms. The van der Waals surface area contributed by atoms with Gasteiger partial charge in [0, 0.05) is 24.2 Å². The third-order valence-electron chi connectivity index (χ3n) is 6.86. The van der Waals surface area contributed by atoms with Crippen LogP contribution in [0.4, 0.5) is 0 Å². The first-order valence-electron chi connectivity index (χ1n) is 12.8. The van der Waals surface area contributed by atoms with Gasteiger partial charge in [-0.1, -0.05) is 43.5 Å². The number of benzene rings is 2. The molecule has 6 nitrogen and oxygen atoms in total. The molecule has 1 aliphatic carbocycles. The molecule has 2 fully saturated rings. The summed E-state index contributed by atoms with van der Waals surface area (Å²) in [5.74, 6) is 1.15. The van der Waals surface area contributed by atoms with Gasteiger partial charge in [-0.05, 0) is 68.2 Å². The van der Waals surface area contributed by atoms with E-state index >= 15 is 0 Å². The van der Waals surface area contributed by atoms with Crippen LogP contribution in [-0.4, -0.2) is 40.5 Å². The number of allylic oxidation sites excluding steroid dienone is 1. The molecule has 0 aromatic heterocycles. The summed E-state index contributed by atoms with van der Waals surface area (Å²) in [5, 5.41) is 10.0. The number of hydrogen-bond acceptors (Lipinski definition) is 5. The number of amides is 1. The van der Waals surface area contributed by atoms with E-state index in [1.807, 2.05) is 61.4 Å². The normalized spacial score (nSPS) is 17.3. The van der Waals surface area contributed by atoms with E-state index in [1.165, 1.54) is 6.42 Å². The van der Waals surface area contributed by atoms with Gasteiger partial charge >= 0.3 is 0 Å². The third kappa shape index (κ3) is 5.70. The van der Waals surface area contributed by atoms with Crippen LogP contribution in [-0.2, 0) is 17.8 Å². The second-order valence-corrected chi connectivity index (χ2v) is 9.69. The molecule has 1 heterocycles. The SMILES string of the molecule is C=CCc1cc(/C=C2/C(=O)N(C3CCCCC3)C(=S)N2C)cc(OCC)c1OCc1ccccc1C#N. The highest BCUT2D eigenvalue weighted by molar-refractivity contribution is 7.80. The van der Waals surface area contributed by atoms with E-state index in [9.17, 15) is 10.1 Å². The quantitative estimate of drug-likeness (QED) is 0.232. The van der Waals surface area contributed by atoms with Gasteiger partial charge in [0.2, 0.25) is 0 Å². The summed E-state index contributed by atoms with van der Waals surface area (Å²) in [6.07, 6.45) is 9.70. The van der Waals surface area contributed by atoms with Crippen LogP contribution in [0.1, 0.15) is 61.3 Å². The van der Waals surface area contributed by atoms with Crippen molar-refractivity contribution in [1.29, 1.82) is 5.26 Å². The van der Waals surface area contributed by atoms with Crippen LogP contribution in [0.3, 0.4) is 0 Å².